The minimum absolute atomic E-state index is 0.00544. The van der Waals surface area contributed by atoms with Crippen molar-refractivity contribution in [3.8, 4) is 0 Å². The first-order valence-electron chi connectivity index (χ1n) is 8.54. The number of benzene rings is 1. The van der Waals surface area contributed by atoms with Crippen LogP contribution in [0.2, 0.25) is 0 Å². The number of imide groups is 1. The standard InChI is InChI=1S/C18H15N3O7S/c1-2-28-18(25)12-9-15(21(26)27)29-17(12)19-16(24)10-3-5-11(6-4-10)20-13(22)7-8-14(20)23/h3-6,9H,2,7-8H2,1H3,(H,19,24). The Morgan fingerprint density at radius 1 is 1.21 bits per heavy atom. The van der Waals surface area contributed by atoms with Crippen molar-refractivity contribution < 1.29 is 28.8 Å². The highest BCUT2D eigenvalue weighted by molar-refractivity contribution is 7.19. The second kappa shape index (κ2) is 8.19. The maximum absolute atomic E-state index is 12.5. The molecule has 1 aromatic carbocycles. The fourth-order valence-corrected chi connectivity index (χ4v) is 3.58. The van der Waals surface area contributed by atoms with Crippen molar-refractivity contribution in [1.82, 2.24) is 0 Å². The van der Waals surface area contributed by atoms with E-state index in [-0.39, 0.29) is 52.4 Å². The van der Waals surface area contributed by atoms with E-state index in [1.165, 1.54) is 24.3 Å². The largest absolute Gasteiger partial charge is 0.462 e. The number of carbonyl (C=O) groups excluding carboxylic acids is 4. The van der Waals surface area contributed by atoms with E-state index in [9.17, 15) is 29.3 Å². The van der Waals surface area contributed by atoms with Crippen LogP contribution in [0.25, 0.3) is 0 Å². The van der Waals surface area contributed by atoms with Gasteiger partial charge >= 0.3 is 11.0 Å². The van der Waals surface area contributed by atoms with Crippen LogP contribution < -0.4 is 10.2 Å². The summed E-state index contributed by atoms with van der Waals surface area (Å²) < 4.78 is 4.87. The Hall–Kier alpha value is -3.60. The Bertz CT molecular complexity index is 997. The summed E-state index contributed by atoms with van der Waals surface area (Å²) in [5.41, 5.74) is 0.425. The lowest BCUT2D eigenvalue weighted by Crippen LogP contribution is -2.28. The lowest BCUT2D eigenvalue weighted by molar-refractivity contribution is -0.380. The number of carbonyl (C=O) groups is 4. The van der Waals surface area contributed by atoms with Gasteiger partial charge in [-0.05, 0) is 42.5 Å². The monoisotopic (exact) mass is 417 g/mol. The summed E-state index contributed by atoms with van der Waals surface area (Å²) in [5.74, 6) is -2.01. The third-order valence-electron chi connectivity index (χ3n) is 4.06. The van der Waals surface area contributed by atoms with Gasteiger partial charge in [-0.25, -0.2) is 4.79 Å². The number of nitrogens with zero attached hydrogens (tertiary/aromatic N) is 2. The molecule has 11 heteroatoms. The van der Waals surface area contributed by atoms with Crippen LogP contribution >= 0.6 is 11.3 Å². The zero-order chi connectivity index (χ0) is 21.1. The summed E-state index contributed by atoms with van der Waals surface area (Å²) >= 11 is 0.640. The first-order chi connectivity index (χ1) is 13.8. The summed E-state index contributed by atoms with van der Waals surface area (Å²) in [7, 11) is 0. The summed E-state index contributed by atoms with van der Waals surface area (Å²) in [4.78, 5) is 59.5. The maximum atomic E-state index is 12.5. The first kappa shape index (κ1) is 20.1. The molecule has 0 bridgehead atoms. The van der Waals surface area contributed by atoms with E-state index in [1.54, 1.807) is 6.92 Å². The highest BCUT2D eigenvalue weighted by atomic mass is 32.1. The van der Waals surface area contributed by atoms with E-state index in [4.69, 9.17) is 4.74 Å². The molecule has 0 atom stereocenters. The molecule has 1 fully saturated rings. The molecule has 150 valence electrons. The molecule has 0 saturated carbocycles. The van der Waals surface area contributed by atoms with E-state index in [0.717, 1.165) is 11.0 Å². The van der Waals surface area contributed by atoms with Crippen molar-refractivity contribution in [2.24, 2.45) is 0 Å². The molecule has 0 unspecified atom stereocenters. The molecular weight excluding hydrogens is 402 g/mol. The number of amides is 3. The molecule has 1 N–H and O–H groups in total. The van der Waals surface area contributed by atoms with Gasteiger partial charge in [0.05, 0.1) is 17.2 Å². The number of hydrogen-bond acceptors (Lipinski definition) is 8. The van der Waals surface area contributed by atoms with Gasteiger partial charge in [0.25, 0.3) is 5.91 Å². The summed E-state index contributed by atoms with van der Waals surface area (Å²) in [6.45, 7) is 1.67. The average Bonchev–Trinajstić information content (AvgIpc) is 3.25. The molecule has 29 heavy (non-hydrogen) atoms. The zero-order valence-electron chi connectivity index (χ0n) is 15.2. The van der Waals surface area contributed by atoms with Crippen LogP contribution in [0, 0.1) is 10.1 Å². The molecule has 1 aliphatic heterocycles. The van der Waals surface area contributed by atoms with Crippen molar-refractivity contribution in [2.45, 2.75) is 19.8 Å². The third-order valence-corrected chi connectivity index (χ3v) is 5.06. The highest BCUT2D eigenvalue weighted by Crippen LogP contribution is 2.34. The Morgan fingerprint density at radius 2 is 1.83 bits per heavy atom. The normalized spacial score (nSPS) is 13.5. The van der Waals surface area contributed by atoms with Crippen LogP contribution in [0.1, 0.15) is 40.5 Å². The highest BCUT2D eigenvalue weighted by Gasteiger charge is 2.30. The van der Waals surface area contributed by atoms with Crippen molar-refractivity contribution in [3.63, 3.8) is 0 Å². The lowest BCUT2D eigenvalue weighted by Gasteiger charge is -2.14. The van der Waals surface area contributed by atoms with E-state index in [1.807, 2.05) is 0 Å². The molecular formula is C18H15N3O7S. The Morgan fingerprint density at radius 3 is 2.38 bits per heavy atom. The molecule has 1 saturated heterocycles. The molecule has 2 heterocycles. The minimum Gasteiger partial charge on any atom is -0.462 e. The predicted octanol–water partition coefficient (Wildman–Crippen LogP) is 2.74. The van der Waals surface area contributed by atoms with Gasteiger partial charge in [0.2, 0.25) is 11.8 Å². The van der Waals surface area contributed by atoms with Crippen molar-refractivity contribution in [2.75, 3.05) is 16.8 Å². The van der Waals surface area contributed by atoms with Crippen LogP contribution in [0.4, 0.5) is 15.7 Å². The van der Waals surface area contributed by atoms with Gasteiger partial charge in [-0.15, -0.1) is 0 Å². The van der Waals surface area contributed by atoms with Crippen molar-refractivity contribution in [1.29, 1.82) is 0 Å². The van der Waals surface area contributed by atoms with Crippen molar-refractivity contribution in [3.05, 3.63) is 51.6 Å². The van der Waals surface area contributed by atoms with Crippen LogP contribution in [0.3, 0.4) is 0 Å². The number of nitro groups is 1. The maximum Gasteiger partial charge on any atom is 0.341 e. The number of anilines is 2. The van der Waals surface area contributed by atoms with Crippen LogP contribution in [-0.2, 0) is 14.3 Å². The number of ether oxygens (including phenoxy) is 1. The van der Waals surface area contributed by atoms with E-state index in [2.05, 4.69) is 5.32 Å². The third kappa shape index (κ3) is 4.14. The second-order valence-electron chi connectivity index (χ2n) is 5.93. The van der Waals surface area contributed by atoms with Gasteiger partial charge in [-0.3, -0.25) is 29.4 Å². The molecule has 1 aromatic heterocycles. The van der Waals surface area contributed by atoms with E-state index in [0.29, 0.717) is 17.0 Å². The number of thiophene rings is 1. The predicted molar refractivity (Wildman–Crippen MR) is 103 cm³/mol. The molecule has 0 aliphatic carbocycles. The van der Waals surface area contributed by atoms with Gasteiger partial charge in [-0.1, -0.05) is 0 Å². The minimum atomic E-state index is -0.784. The van der Waals surface area contributed by atoms with Crippen LogP contribution in [0.5, 0.6) is 0 Å². The number of rotatable bonds is 6. The summed E-state index contributed by atoms with van der Waals surface area (Å²) in [6, 6.07) is 6.79. The number of hydrogen-bond donors (Lipinski definition) is 1. The molecule has 1 aliphatic rings. The Kier molecular flexibility index (Phi) is 5.69. The Balaban J connectivity index is 1.81. The average molecular weight is 417 g/mol. The number of esters is 1. The fraction of sp³-hybridized carbons (Fsp3) is 0.222. The van der Waals surface area contributed by atoms with Gasteiger partial charge in [-0.2, -0.15) is 0 Å². The SMILES string of the molecule is CCOC(=O)c1cc([N+](=O)[O-])sc1NC(=O)c1ccc(N2C(=O)CCC2=O)cc1. The summed E-state index contributed by atoms with van der Waals surface area (Å²) in [6.07, 6.45) is 0.295. The lowest BCUT2D eigenvalue weighted by atomic mass is 10.2. The Labute approximate surface area is 168 Å². The quantitative estimate of drug-likeness (QED) is 0.330. The molecule has 2 aromatic rings. The van der Waals surface area contributed by atoms with Crippen LogP contribution in [-0.4, -0.2) is 35.2 Å². The van der Waals surface area contributed by atoms with Gasteiger partial charge < -0.3 is 10.1 Å². The summed E-state index contributed by atoms with van der Waals surface area (Å²) in [5, 5.41) is 13.2. The molecule has 3 rings (SSSR count). The second-order valence-corrected chi connectivity index (χ2v) is 6.96. The topological polar surface area (TPSA) is 136 Å². The van der Waals surface area contributed by atoms with Gasteiger partial charge in [0, 0.05) is 24.5 Å². The zero-order valence-corrected chi connectivity index (χ0v) is 16.0. The fourth-order valence-electron chi connectivity index (χ4n) is 2.72. The molecule has 0 spiro atoms. The van der Waals surface area contributed by atoms with Crippen LogP contribution in [0.15, 0.2) is 30.3 Å². The van der Waals surface area contributed by atoms with E-state index < -0.39 is 16.8 Å². The molecule has 0 radical (unpaired) electrons. The van der Waals surface area contributed by atoms with Gasteiger partial charge in [0.15, 0.2) is 0 Å². The molecule has 10 nitrogen and oxygen atoms in total. The van der Waals surface area contributed by atoms with E-state index >= 15 is 0 Å². The smallest absolute Gasteiger partial charge is 0.341 e. The van der Waals surface area contributed by atoms with Gasteiger partial charge in [0.1, 0.15) is 10.6 Å². The molecule has 3 amide bonds. The first-order valence-corrected chi connectivity index (χ1v) is 9.36. The number of nitrogens with one attached hydrogen (secondary N) is 1. The van der Waals surface area contributed by atoms with Crippen molar-refractivity contribution >= 4 is 50.7 Å².